The molecule has 5 nitrogen and oxygen atoms in total. The van der Waals surface area contributed by atoms with Crippen LogP contribution in [0.15, 0.2) is 36.5 Å². The number of aliphatic carboxylic acids is 1. The molecule has 0 spiro atoms. The summed E-state index contributed by atoms with van der Waals surface area (Å²) in [6.07, 6.45) is 1.73. The van der Waals surface area contributed by atoms with Crippen LogP contribution in [-0.2, 0) is 11.3 Å². The molecule has 0 aliphatic heterocycles. The fraction of sp³-hybridized carbons (Fsp3) is 0.182. The van der Waals surface area contributed by atoms with Crippen molar-refractivity contribution in [3.63, 3.8) is 0 Å². The summed E-state index contributed by atoms with van der Waals surface area (Å²) in [5.74, 6) is -1.03. The summed E-state index contributed by atoms with van der Waals surface area (Å²) < 4.78 is 1.54. The van der Waals surface area contributed by atoms with Gasteiger partial charge in [-0.3, -0.25) is 4.79 Å². The average molecular weight is 218 g/mol. The van der Waals surface area contributed by atoms with Gasteiger partial charge in [-0.1, -0.05) is 22.9 Å². The lowest BCUT2D eigenvalue weighted by Gasteiger charge is -2.00. The molecule has 1 aromatic heterocycles. The summed E-state index contributed by atoms with van der Waals surface area (Å²) in [6.45, 7) is 0.167. The first-order chi connectivity index (χ1) is 7.66. The molecule has 16 heavy (non-hydrogen) atoms. The Kier molecular flexibility index (Phi) is 2.78. The standard InChI is InChI=1S/C11H11N3O2/c12-9(11(15)16)7-14-6-5-8-3-1-2-4-10(8)13-14/h1-6,9H,7,12H2/p+1. The van der Waals surface area contributed by atoms with Crippen molar-refractivity contribution in [1.29, 1.82) is 0 Å². The second-order valence-corrected chi connectivity index (χ2v) is 3.54. The van der Waals surface area contributed by atoms with E-state index in [1.54, 1.807) is 10.9 Å². The summed E-state index contributed by atoms with van der Waals surface area (Å²) in [4.78, 5) is 10.6. The van der Waals surface area contributed by atoms with Crippen LogP contribution in [0.25, 0.3) is 10.9 Å². The van der Waals surface area contributed by atoms with Crippen LogP contribution in [0.4, 0.5) is 0 Å². The molecule has 1 unspecified atom stereocenters. The predicted molar refractivity (Wildman–Crippen MR) is 57.5 cm³/mol. The Morgan fingerprint density at radius 2 is 2.19 bits per heavy atom. The number of aromatic nitrogens is 2. The first kappa shape index (κ1) is 10.5. The molecular formula is C11H12N3O2+. The summed E-state index contributed by atoms with van der Waals surface area (Å²) in [5.41, 5.74) is 6.25. The van der Waals surface area contributed by atoms with Crippen LogP contribution in [0.3, 0.4) is 0 Å². The van der Waals surface area contributed by atoms with Crippen molar-refractivity contribution < 1.29 is 14.6 Å². The monoisotopic (exact) mass is 218 g/mol. The zero-order chi connectivity index (χ0) is 11.5. The molecule has 1 heterocycles. The van der Waals surface area contributed by atoms with Gasteiger partial charge in [-0.2, -0.15) is 0 Å². The number of carboxylic acid groups (broad SMARTS) is 1. The predicted octanol–water partition coefficient (Wildman–Crippen LogP) is -0.0658. The third-order valence-electron chi connectivity index (χ3n) is 2.30. The van der Waals surface area contributed by atoms with E-state index in [-0.39, 0.29) is 6.54 Å². The van der Waals surface area contributed by atoms with Crippen molar-refractivity contribution in [2.75, 3.05) is 0 Å². The molecule has 0 aliphatic rings. The molecule has 0 fully saturated rings. The number of carbonyl (C=O) groups is 1. The van der Waals surface area contributed by atoms with Gasteiger partial charge in [-0.15, -0.1) is 0 Å². The summed E-state index contributed by atoms with van der Waals surface area (Å²) >= 11 is 0. The van der Waals surface area contributed by atoms with Gasteiger partial charge in [0.25, 0.3) is 0 Å². The number of hydrogen-bond donors (Lipinski definition) is 2. The summed E-state index contributed by atoms with van der Waals surface area (Å²) in [6, 6.07) is 8.59. The molecule has 2 aromatic rings. The van der Waals surface area contributed by atoms with Gasteiger partial charge in [0.05, 0.1) is 0 Å². The second-order valence-electron chi connectivity index (χ2n) is 3.54. The van der Waals surface area contributed by atoms with Crippen LogP contribution >= 0.6 is 0 Å². The Morgan fingerprint density at radius 3 is 2.94 bits per heavy atom. The maximum atomic E-state index is 10.6. The lowest BCUT2D eigenvalue weighted by molar-refractivity contribution is -0.751. The molecule has 0 amide bonds. The van der Waals surface area contributed by atoms with E-state index in [2.05, 4.69) is 5.10 Å². The number of rotatable bonds is 3. The molecule has 5 heteroatoms. The minimum Gasteiger partial charge on any atom is -0.480 e. The Morgan fingerprint density at radius 1 is 1.44 bits per heavy atom. The van der Waals surface area contributed by atoms with Gasteiger partial charge in [-0.25, -0.2) is 0 Å². The maximum Gasteiger partial charge on any atom is 0.327 e. The van der Waals surface area contributed by atoms with Crippen molar-refractivity contribution in [3.8, 4) is 0 Å². The highest BCUT2D eigenvalue weighted by atomic mass is 16.4. The van der Waals surface area contributed by atoms with E-state index in [0.717, 1.165) is 10.9 Å². The Bertz CT molecular complexity index is 527. The summed E-state index contributed by atoms with van der Waals surface area (Å²) in [7, 11) is 0. The van der Waals surface area contributed by atoms with Gasteiger partial charge in [0.2, 0.25) is 0 Å². The van der Waals surface area contributed by atoms with E-state index in [4.69, 9.17) is 10.8 Å². The number of hydrogen-bond acceptors (Lipinski definition) is 3. The third kappa shape index (κ3) is 2.14. The van der Waals surface area contributed by atoms with Crippen LogP contribution in [-0.4, -0.2) is 22.2 Å². The van der Waals surface area contributed by atoms with Gasteiger partial charge < -0.3 is 10.8 Å². The second kappa shape index (κ2) is 4.24. The van der Waals surface area contributed by atoms with Crippen molar-refractivity contribution in [1.82, 2.24) is 5.10 Å². The average Bonchev–Trinajstić information content (AvgIpc) is 2.28. The third-order valence-corrected chi connectivity index (χ3v) is 2.30. The van der Waals surface area contributed by atoms with E-state index >= 15 is 0 Å². The Hall–Kier alpha value is -2.01. The molecule has 1 aromatic carbocycles. The first-order valence-electron chi connectivity index (χ1n) is 4.91. The van der Waals surface area contributed by atoms with E-state index in [1.165, 1.54) is 0 Å². The van der Waals surface area contributed by atoms with Crippen LogP contribution in [0.2, 0.25) is 0 Å². The lowest BCUT2D eigenvalue weighted by atomic mass is 10.2. The molecule has 2 rings (SSSR count). The number of fused-ring (bicyclic) bond motifs is 1. The molecule has 0 radical (unpaired) electrons. The van der Waals surface area contributed by atoms with Gasteiger partial charge in [0, 0.05) is 16.6 Å². The number of nitrogens with zero attached hydrogens (tertiary/aromatic N) is 2. The van der Waals surface area contributed by atoms with Crippen molar-refractivity contribution in [2.45, 2.75) is 12.6 Å². The summed E-state index contributed by atoms with van der Waals surface area (Å²) in [5, 5.41) is 14.0. The smallest absolute Gasteiger partial charge is 0.327 e. The molecule has 0 saturated heterocycles. The minimum absolute atomic E-state index is 0.167. The van der Waals surface area contributed by atoms with Crippen LogP contribution < -0.4 is 10.4 Å². The molecule has 0 aliphatic carbocycles. The largest absolute Gasteiger partial charge is 0.480 e. The van der Waals surface area contributed by atoms with Gasteiger partial charge in [0.15, 0.2) is 18.8 Å². The highest BCUT2D eigenvalue weighted by molar-refractivity contribution is 5.76. The van der Waals surface area contributed by atoms with E-state index < -0.39 is 12.0 Å². The fourth-order valence-corrected chi connectivity index (χ4v) is 1.44. The van der Waals surface area contributed by atoms with Crippen LogP contribution in [0.1, 0.15) is 0 Å². The lowest BCUT2D eigenvalue weighted by Crippen LogP contribution is -2.49. The fourth-order valence-electron chi connectivity index (χ4n) is 1.44. The maximum absolute atomic E-state index is 10.6. The Labute approximate surface area is 92.1 Å². The topological polar surface area (TPSA) is 80.1 Å². The quantitative estimate of drug-likeness (QED) is 0.707. The van der Waals surface area contributed by atoms with Crippen molar-refractivity contribution >= 4 is 16.9 Å². The number of nitrogens with two attached hydrogens (primary N) is 1. The highest BCUT2D eigenvalue weighted by Crippen LogP contribution is 2.06. The Balaban J connectivity index is 2.29. The first-order valence-corrected chi connectivity index (χ1v) is 4.91. The zero-order valence-corrected chi connectivity index (χ0v) is 8.58. The molecular weight excluding hydrogens is 206 g/mol. The normalized spacial score (nSPS) is 12.6. The molecule has 1 atom stereocenters. The van der Waals surface area contributed by atoms with Gasteiger partial charge in [-0.05, 0) is 6.07 Å². The highest BCUT2D eigenvalue weighted by Gasteiger charge is 2.18. The van der Waals surface area contributed by atoms with Crippen LogP contribution in [0.5, 0.6) is 0 Å². The molecule has 0 bridgehead atoms. The molecule has 0 saturated carbocycles. The minimum atomic E-state index is -1.03. The van der Waals surface area contributed by atoms with Gasteiger partial charge in [0.1, 0.15) is 5.52 Å². The van der Waals surface area contributed by atoms with Gasteiger partial charge >= 0.3 is 5.97 Å². The SMILES string of the molecule is NC(C[n+]1ccc2ccccc2n1)C(=O)O. The molecule has 3 N–H and O–H groups in total. The number of carboxylic acids is 1. The van der Waals surface area contributed by atoms with Crippen molar-refractivity contribution in [3.05, 3.63) is 36.5 Å². The van der Waals surface area contributed by atoms with Crippen LogP contribution in [0, 0.1) is 0 Å². The number of benzene rings is 1. The van der Waals surface area contributed by atoms with Crippen molar-refractivity contribution in [2.24, 2.45) is 5.73 Å². The zero-order valence-electron chi connectivity index (χ0n) is 8.58. The molecule has 82 valence electrons. The van der Waals surface area contributed by atoms with E-state index in [0.29, 0.717) is 0 Å². The van der Waals surface area contributed by atoms with E-state index in [1.807, 2.05) is 30.3 Å². The van der Waals surface area contributed by atoms with E-state index in [9.17, 15) is 4.79 Å².